The maximum Gasteiger partial charge on any atom is 0.229 e. The summed E-state index contributed by atoms with van der Waals surface area (Å²) in [7, 11) is 0. The van der Waals surface area contributed by atoms with Gasteiger partial charge in [0, 0.05) is 17.8 Å². The van der Waals surface area contributed by atoms with E-state index in [1.165, 1.54) is 6.20 Å². The summed E-state index contributed by atoms with van der Waals surface area (Å²) in [4.78, 5) is 20.9. The van der Waals surface area contributed by atoms with Crippen molar-refractivity contribution in [2.45, 2.75) is 32.1 Å². The Labute approximate surface area is 197 Å². The number of amides is 1. The van der Waals surface area contributed by atoms with Gasteiger partial charge in [-0.05, 0) is 41.7 Å². The van der Waals surface area contributed by atoms with E-state index in [-0.39, 0.29) is 17.9 Å². The number of nitriles is 1. The number of hydrogen-bond donors (Lipinski definition) is 3. The number of hydrogen-bond acceptors (Lipinski definition) is 7. The van der Waals surface area contributed by atoms with E-state index in [1.54, 1.807) is 12.1 Å². The average molecular weight is 463 g/mol. The number of anilines is 5. The van der Waals surface area contributed by atoms with Crippen molar-refractivity contribution in [1.29, 1.82) is 5.26 Å². The molecule has 0 saturated carbocycles. The lowest BCUT2D eigenvalue weighted by atomic mass is 9.80. The van der Waals surface area contributed by atoms with E-state index in [1.807, 2.05) is 36.4 Å². The first-order valence-corrected chi connectivity index (χ1v) is 10.8. The van der Waals surface area contributed by atoms with Crippen LogP contribution >= 0.6 is 11.6 Å². The standard InChI is InChI=1S/C24H23ClN6O2/c1-24(2)10-9-21(32)29-19-13-15(7-8-16(19)24)28-23-27-14-17(25)22(31-23)30-18-5-3-4-6-20(18)33-12-11-26/h3-8,13-14H,9-10,12H2,1-2H3,(H,29,32)(H2,27,28,30,31). The molecule has 1 aromatic heterocycles. The fourth-order valence-electron chi connectivity index (χ4n) is 3.67. The fraction of sp³-hybridized carbons (Fsp3) is 0.250. The molecule has 4 rings (SSSR count). The van der Waals surface area contributed by atoms with Crippen LogP contribution in [0.3, 0.4) is 0 Å². The number of para-hydroxylation sites is 2. The second-order valence-electron chi connectivity index (χ2n) is 8.28. The van der Waals surface area contributed by atoms with Crippen LogP contribution in [0, 0.1) is 11.3 Å². The van der Waals surface area contributed by atoms with E-state index in [0.717, 1.165) is 23.4 Å². The van der Waals surface area contributed by atoms with Crippen LogP contribution in [0.15, 0.2) is 48.7 Å². The van der Waals surface area contributed by atoms with Gasteiger partial charge < -0.3 is 20.7 Å². The number of carbonyl (C=O) groups is 1. The van der Waals surface area contributed by atoms with E-state index in [0.29, 0.717) is 34.6 Å². The zero-order chi connectivity index (χ0) is 23.4. The highest BCUT2D eigenvalue weighted by Gasteiger charge is 2.28. The first-order chi connectivity index (χ1) is 15.9. The lowest BCUT2D eigenvalue weighted by molar-refractivity contribution is -0.116. The molecule has 8 nitrogen and oxygen atoms in total. The van der Waals surface area contributed by atoms with Crippen LogP contribution in [0.2, 0.25) is 5.02 Å². The van der Waals surface area contributed by atoms with Crippen molar-refractivity contribution in [2.24, 2.45) is 0 Å². The molecule has 3 N–H and O–H groups in total. The normalized spacial score (nSPS) is 14.3. The first kappa shape index (κ1) is 22.4. The summed E-state index contributed by atoms with van der Waals surface area (Å²) in [6, 6.07) is 15.0. The number of fused-ring (bicyclic) bond motifs is 1. The Morgan fingerprint density at radius 1 is 1.24 bits per heavy atom. The third-order valence-corrected chi connectivity index (χ3v) is 5.71. The Balaban J connectivity index is 1.58. The van der Waals surface area contributed by atoms with Gasteiger partial charge in [-0.2, -0.15) is 10.2 Å². The minimum atomic E-state index is -0.109. The predicted molar refractivity (Wildman–Crippen MR) is 128 cm³/mol. The Hall–Kier alpha value is -3.83. The molecule has 0 unspecified atom stereocenters. The number of nitrogens with zero attached hydrogens (tertiary/aromatic N) is 3. The molecule has 0 aliphatic carbocycles. The number of carbonyl (C=O) groups excluding carboxylic acids is 1. The van der Waals surface area contributed by atoms with Crippen molar-refractivity contribution >= 4 is 46.3 Å². The minimum absolute atomic E-state index is 0.00508. The van der Waals surface area contributed by atoms with Crippen LogP contribution in [0.5, 0.6) is 5.75 Å². The minimum Gasteiger partial charge on any atom is -0.477 e. The van der Waals surface area contributed by atoms with Crippen LogP contribution in [-0.4, -0.2) is 22.5 Å². The van der Waals surface area contributed by atoms with E-state index < -0.39 is 0 Å². The van der Waals surface area contributed by atoms with E-state index in [4.69, 9.17) is 21.6 Å². The summed E-state index contributed by atoms with van der Waals surface area (Å²) in [6.07, 6.45) is 2.76. The number of halogens is 1. The third-order valence-electron chi connectivity index (χ3n) is 5.43. The highest BCUT2D eigenvalue weighted by Crippen LogP contribution is 2.38. The highest BCUT2D eigenvalue weighted by molar-refractivity contribution is 6.32. The van der Waals surface area contributed by atoms with Gasteiger partial charge in [0.05, 0.1) is 11.9 Å². The maximum atomic E-state index is 12.1. The molecule has 1 aliphatic rings. The summed E-state index contributed by atoms with van der Waals surface area (Å²) in [5, 5.41) is 18.4. The molecule has 3 aromatic rings. The fourth-order valence-corrected chi connectivity index (χ4v) is 3.80. The van der Waals surface area contributed by atoms with Crippen molar-refractivity contribution in [3.05, 3.63) is 59.2 Å². The quantitative estimate of drug-likeness (QED) is 0.441. The summed E-state index contributed by atoms with van der Waals surface area (Å²) in [6.45, 7) is 4.20. The smallest absolute Gasteiger partial charge is 0.229 e. The molecule has 0 radical (unpaired) electrons. The van der Waals surface area contributed by atoms with Gasteiger partial charge in [0.15, 0.2) is 12.4 Å². The summed E-state index contributed by atoms with van der Waals surface area (Å²) >= 11 is 6.31. The van der Waals surface area contributed by atoms with Crippen LogP contribution < -0.4 is 20.7 Å². The number of aromatic nitrogens is 2. The molecule has 0 saturated heterocycles. The topological polar surface area (TPSA) is 112 Å². The molecular formula is C24H23ClN6O2. The maximum absolute atomic E-state index is 12.1. The number of ether oxygens (including phenoxy) is 1. The van der Waals surface area contributed by atoms with Crippen molar-refractivity contribution < 1.29 is 9.53 Å². The highest BCUT2D eigenvalue weighted by atomic mass is 35.5. The molecule has 1 amide bonds. The average Bonchev–Trinajstić information content (AvgIpc) is 2.90. The SMILES string of the molecule is CC1(C)CCC(=O)Nc2cc(Nc3ncc(Cl)c(Nc4ccccc4OCC#N)n3)ccc21. The van der Waals surface area contributed by atoms with Crippen LogP contribution in [0.25, 0.3) is 0 Å². The Kier molecular flexibility index (Phi) is 6.33. The van der Waals surface area contributed by atoms with Crippen LogP contribution in [0.4, 0.5) is 28.8 Å². The second-order valence-corrected chi connectivity index (χ2v) is 8.68. The summed E-state index contributed by atoms with van der Waals surface area (Å²) in [5.41, 5.74) is 3.12. The molecule has 2 heterocycles. The third kappa shape index (κ3) is 5.16. The Morgan fingerprint density at radius 3 is 2.88 bits per heavy atom. The first-order valence-electron chi connectivity index (χ1n) is 10.5. The number of benzene rings is 2. The van der Waals surface area contributed by atoms with Crippen LogP contribution in [-0.2, 0) is 10.2 Å². The Bertz CT molecular complexity index is 1240. The summed E-state index contributed by atoms with van der Waals surface area (Å²) < 4.78 is 5.45. The number of nitrogens with one attached hydrogen (secondary N) is 3. The van der Waals surface area contributed by atoms with E-state index >= 15 is 0 Å². The lowest BCUT2D eigenvalue weighted by Gasteiger charge is -2.24. The van der Waals surface area contributed by atoms with Gasteiger partial charge in [0.1, 0.15) is 16.8 Å². The molecule has 0 spiro atoms. The van der Waals surface area contributed by atoms with Gasteiger partial charge >= 0.3 is 0 Å². The molecule has 33 heavy (non-hydrogen) atoms. The summed E-state index contributed by atoms with van der Waals surface area (Å²) in [5.74, 6) is 1.22. The van der Waals surface area contributed by atoms with Crippen molar-refractivity contribution in [3.8, 4) is 11.8 Å². The zero-order valence-corrected chi connectivity index (χ0v) is 19.0. The van der Waals surface area contributed by atoms with E-state index in [9.17, 15) is 4.79 Å². The Morgan fingerprint density at radius 2 is 2.06 bits per heavy atom. The monoisotopic (exact) mass is 462 g/mol. The molecule has 9 heteroatoms. The van der Waals surface area contributed by atoms with Crippen LogP contribution in [0.1, 0.15) is 32.3 Å². The predicted octanol–water partition coefficient (Wildman–Crippen LogP) is 5.53. The van der Waals surface area contributed by atoms with Crippen molar-refractivity contribution in [2.75, 3.05) is 22.6 Å². The van der Waals surface area contributed by atoms with Gasteiger partial charge in [-0.1, -0.05) is 43.6 Å². The molecular weight excluding hydrogens is 440 g/mol. The van der Waals surface area contributed by atoms with Gasteiger partial charge in [0.25, 0.3) is 0 Å². The van der Waals surface area contributed by atoms with Gasteiger partial charge in [-0.15, -0.1) is 0 Å². The molecule has 2 aromatic carbocycles. The van der Waals surface area contributed by atoms with Gasteiger partial charge in [0.2, 0.25) is 11.9 Å². The van der Waals surface area contributed by atoms with Gasteiger partial charge in [-0.3, -0.25) is 4.79 Å². The lowest BCUT2D eigenvalue weighted by Crippen LogP contribution is -2.16. The largest absolute Gasteiger partial charge is 0.477 e. The molecule has 0 fully saturated rings. The van der Waals surface area contributed by atoms with Crippen molar-refractivity contribution in [3.63, 3.8) is 0 Å². The second kappa shape index (κ2) is 9.35. The van der Waals surface area contributed by atoms with Crippen molar-refractivity contribution in [1.82, 2.24) is 9.97 Å². The molecule has 0 bridgehead atoms. The van der Waals surface area contributed by atoms with Gasteiger partial charge in [-0.25, -0.2) is 4.98 Å². The molecule has 168 valence electrons. The van der Waals surface area contributed by atoms with E-state index in [2.05, 4.69) is 39.8 Å². The molecule has 1 aliphatic heterocycles. The zero-order valence-electron chi connectivity index (χ0n) is 18.3. The number of rotatable bonds is 6. The molecule has 0 atom stereocenters.